The summed E-state index contributed by atoms with van der Waals surface area (Å²) in [5.41, 5.74) is 0. The maximum absolute atomic E-state index is 3.54. The van der Waals surface area contributed by atoms with Crippen molar-refractivity contribution in [1.29, 1.82) is 0 Å². The molecule has 0 heterocycles. The van der Waals surface area contributed by atoms with E-state index >= 15 is 0 Å². The van der Waals surface area contributed by atoms with Gasteiger partial charge in [-0.3, -0.25) is 0 Å². The van der Waals surface area contributed by atoms with Crippen molar-refractivity contribution in [3.63, 3.8) is 0 Å². The van der Waals surface area contributed by atoms with Gasteiger partial charge >= 0.3 is 0 Å². The highest BCUT2D eigenvalue weighted by Crippen LogP contribution is 2.27. The first-order valence-electron chi connectivity index (χ1n) is 6.94. The molecule has 1 N–H and O–H groups in total. The quantitative estimate of drug-likeness (QED) is 0.718. The van der Waals surface area contributed by atoms with Gasteiger partial charge < -0.3 is 10.2 Å². The molecule has 0 aromatic heterocycles. The van der Waals surface area contributed by atoms with Crippen LogP contribution in [-0.2, 0) is 0 Å². The Bertz CT molecular complexity index is 187. The van der Waals surface area contributed by atoms with E-state index in [-0.39, 0.29) is 0 Å². The van der Waals surface area contributed by atoms with Gasteiger partial charge in [-0.05, 0) is 45.2 Å². The molecule has 1 rings (SSSR count). The number of nitrogens with one attached hydrogen (secondary N) is 1. The van der Waals surface area contributed by atoms with Crippen LogP contribution in [0.4, 0.5) is 0 Å². The maximum Gasteiger partial charge on any atom is 0.0102 e. The van der Waals surface area contributed by atoms with Gasteiger partial charge in [0.05, 0.1) is 0 Å². The van der Waals surface area contributed by atoms with Crippen LogP contribution in [0.15, 0.2) is 0 Å². The van der Waals surface area contributed by atoms with Crippen molar-refractivity contribution in [2.75, 3.05) is 20.1 Å². The first-order valence-corrected chi connectivity index (χ1v) is 6.94. The minimum atomic E-state index is 0.603. The molecule has 0 amide bonds. The highest BCUT2D eigenvalue weighted by Gasteiger charge is 2.23. The SMILES string of the molecule is CC(C)NCC(C)C(C)N(C)CC1CCC1. The molecule has 1 aliphatic rings. The van der Waals surface area contributed by atoms with Gasteiger partial charge in [0.25, 0.3) is 0 Å². The monoisotopic (exact) mass is 226 g/mol. The zero-order chi connectivity index (χ0) is 12.1. The molecule has 16 heavy (non-hydrogen) atoms. The lowest BCUT2D eigenvalue weighted by molar-refractivity contribution is 0.137. The molecule has 0 spiro atoms. The predicted molar refractivity (Wildman–Crippen MR) is 71.7 cm³/mol. The molecule has 0 aromatic carbocycles. The van der Waals surface area contributed by atoms with E-state index in [0.717, 1.165) is 18.4 Å². The molecule has 0 bridgehead atoms. The van der Waals surface area contributed by atoms with Gasteiger partial charge in [-0.25, -0.2) is 0 Å². The van der Waals surface area contributed by atoms with Gasteiger partial charge in [-0.2, -0.15) is 0 Å². The Morgan fingerprint density at radius 2 is 1.81 bits per heavy atom. The van der Waals surface area contributed by atoms with Crippen molar-refractivity contribution in [3.8, 4) is 0 Å². The lowest BCUT2D eigenvalue weighted by Crippen LogP contribution is -2.43. The highest BCUT2D eigenvalue weighted by atomic mass is 15.1. The van der Waals surface area contributed by atoms with Crippen molar-refractivity contribution in [1.82, 2.24) is 10.2 Å². The summed E-state index contributed by atoms with van der Waals surface area (Å²) in [5.74, 6) is 1.71. The van der Waals surface area contributed by atoms with Crippen LogP contribution in [0.25, 0.3) is 0 Å². The van der Waals surface area contributed by atoms with E-state index < -0.39 is 0 Å². The third-order valence-electron chi connectivity index (χ3n) is 4.14. The van der Waals surface area contributed by atoms with Gasteiger partial charge in [-0.15, -0.1) is 0 Å². The van der Waals surface area contributed by atoms with E-state index in [1.54, 1.807) is 0 Å². The van der Waals surface area contributed by atoms with Crippen LogP contribution in [0.1, 0.15) is 47.0 Å². The zero-order valence-electron chi connectivity index (χ0n) is 11.8. The second-order valence-corrected chi connectivity index (χ2v) is 6.02. The van der Waals surface area contributed by atoms with Crippen molar-refractivity contribution in [3.05, 3.63) is 0 Å². The van der Waals surface area contributed by atoms with Gasteiger partial charge in [0.2, 0.25) is 0 Å². The van der Waals surface area contributed by atoms with Crippen LogP contribution < -0.4 is 5.32 Å². The Morgan fingerprint density at radius 3 is 2.25 bits per heavy atom. The third kappa shape index (κ3) is 4.42. The van der Waals surface area contributed by atoms with Crippen molar-refractivity contribution < 1.29 is 0 Å². The van der Waals surface area contributed by atoms with Crippen LogP contribution >= 0.6 is 0 Å². The molecule has 1 saturated carbocycles. The fourth-order valence-corrected chi connectivity index (χ4v) is 2.28. The Hall–Kier alpha value is -0.0800. The van der Waals surface area contributed by atoms with E-state index in [2.05, 4.69) is 45.0 Å². The Labute approximate surface area is 102 Å². The Morgan fingerprint density at radius 1 is 1.19 bits per heavy atom. The van der Waals surface area contributed by atoms with Crippen molar-refractivity contribution >= 4 is 0 Å². The van der Waals surface area contributed by atoms with Crippen LogP contribution in [-0.4, -0.2) is 37.1 Å². The lowest BCUT2D eigenvalue weighted by atomic mass is 9.84. The Kier molecular flexibility index (Phi) is 5.77. The normalized spacial score (nSPS) is 21.2. The minimum Gasteiger partial charge on any atom is -0.314 e. The van der Waals surface area contributed by atoms with Crippen LogP contribution in [0.2, 0.25) is 0 Å². The smallest absolute Gasteiger partial charge is 0.0102 e. The van der Waals surface area contributed by atoms with Crippen LogP contribution in [0.5, 0.6) is 0 Å². The van der Waals surface area contributed by atoms with Crippen LogP contribution in [0, 0.1) is 11.8 Å². The zero-order valence-corrected chi connectivity index (χ0v) is 11.8. The number of hydrogen-bond donors (Lipinski definition) is 1. The summed E-state index contributed by atoms with van der Waals surface area (Å²) >= 11 is 0. The van der Waals surface area contributed by atoms with Gasteiger partial charge in [-0.1, -0.05) is 27.2 Å². The van der Waals surface area contributed by atoms with E-state index in [4.69, 9.17) is 0 Å². The lowest BCUT2D eigenvalue weighted by Gasteiger charge is -2.36. The first-order chi connectivity index (χ1) is 7.50. The maximum atomic E-state index is 3.54. The molecule has 0 aliphatic heterocycles. The van der Waals surface area contributed by atoms with Crippen molar-refractivity contribution in [2.45, 2.75) is 59.0 Å². The molecule has 1 fully saturated rings. The second-order valence-electron chi connectivity index (χ2n) is 6.02. The molecular formula is C14H30N2. The fourth-order valence-electron chi connectivity index (χ4n) is 2.28. The average Bonchev–Trinajstić information content (AvgIpc) is 2.18. The molecule has 2 atom stereocenters. The minimum absolute atomic E-state index is 0.603. The molecular weight excluding hydrogens is 196 g/mol. The average molecular weight is 226 g/mol. The van der Waals surface area contributed by atoms with E-state index in [9.17, 15) is 0 Å². The molecule has 2 nitrogen and oxygen atoms in total. The molecule has 2 heteroatoms. The number of hydrogen-bond acceptors (Lipinski definition) is 2. The molecule has 0 saturated heterocycles. The second kappa shape index (κ2) is 6.61. The largest absolute Gasteiger partial charge is 0.314 e. The molecule has 1 aliphatic carbocycles. The third-order valence-corrected chi connectivity index (χ3v) is 4.14. The summed E-state index contributed by atoms with van der Waals surface area (Å²) < 4.78 is 0. The van der Waals surface area contributed by atoms with Gasteiger partial charge in [0, 0.05) is 18.6 Å². The Balaban J connectivity index is 2.21. The molecule has 0 radical (unpaired) electrons. The summed E-state index contributed by atoms with van der Waals surface area (Å²) in [4.78, 5) is 2.55. The standard InChI is InChI=1S/C14H30N2/c1-11(2)15-9-12(3)13(4)16(5)10-14-7-6-8-14/h11-15H,6-10H2,1-5H3. The summed E-state index contributed by atoms with van der Waals surface area (Å²) in [5, 5.41) is 3.54. The number of rotatable bonds is 7. The summed E-state index contributed by atoms with van der Waals surface area (Å²) in [6.07, 6.45) is 4.36. The highest BCUT2D eigenvalue weighted by molar-refractivity contribution is 4.78. The topological polar surface area (TPSA) is 15.3 Å². The molecule has 2 unspecified atom stereocenters. The molecule has 96 valence electrons. The first kappa shape index (κ1) is 14.0. The van der Waals surface area contributed by atoms with E-state index in [0.29, 0.717) is 12.1 Å². The summed E-state index contributed by atoms with van der Waals surface area (Å²) in [6, 6.07) is 1.29. The summed E-state index contributed by atoms with van der Waals surface area (Å²) in [6.45, 7) is 11.6. The van der Waals surface area contributed by atoms with E-state index in [1.807, 2.05) is 0 Å². The molecule has 0 aromatic rings. The van der Waals surface area contributed by atoms with Gasteiger partial charge in [0.1, 0.15) is 0 Å². The predicted octanol–water partition coefficient (Wildman–Crippen LogP) is 2.74. The van der Waals surface area contributed by atoms with E-state index in [1.165, 1.54) is 25.8 Å². The summed E-state index contributed by atoms with van der Waals surface area (Å²) in [7, 11) is 2.29. The fraction of sp³-hybridized carbons (Fsp3) is 1.00. The van der Waals surface area contributed by atoms with Crippen LogP contribution in [0.3, 0.4) is 0 Å². The number of nitrogens with zero attached hydrogens (tertiary/aromatic N) is 1. The van der Waals surface area contributed by atoms with Gasteiger partial charge in [0.15, 0.2) is 0 Å². The van der Waals surface area contributed by atoms with Crippen molar-refractivity contribution in [2.24, 2.45) is 11.8 Å².